The van der Waals surface area contributed by atoms with Crippen molar-refractivity contribution in [2.75, 3.05) is 32.9 Å². The van der Waals surface area contributed by atoms with Gasteiger partial charge in [-0.3, -0.25) is 9.59 Å². The van der Waals surface area contributed by atoms with Crippen LogP contribution in [0.3, 0.4) is 0 Å². The zero-order chi connectivity index (χ0) is 17.3. The van der Waals surface area contributed by atoms with Crippen molar-refractivity contribution < 1.29 is 19.1 Å². The number of carbonyl (C=O) groups excluding carboxylic acids is 2. The van der Waals surface area contributed by atoms with Crippen LogP contribution >= 0.6 is 0 Å². The Kier molecular flexibility index (Phi) is 15.0. The maximum atomic E-state index is 11.6. The highest BCUT2D eigenvalue weighted by Crippen LogP contribution is 1.93. The van der Waals surface area contributed by atoms with Gasteiger partial charge in [-0.05, 0) is 33.1 Å². The molecule has 136 valence electrons. The van der Waals surface area contributed by atoms with Crippen molar-refractivity contribution in [3.05, 3.63) is 0 Å². The van der Waals surface area contributed by atoms with Crippen LogP contribution in [0.15, 0.2) is 0 Å². The first-order valence-corrected chi connectivity index (χ1v) is 8.79. The number of ether oxygens (including phenoxy) is 2. The molecular formula is C17H34N2O4. The first kappa shape index (κ1) is 21.9. The van der Waals surface area contributed by atoms with Crippen molar-refractivity contribution in [1.82, 2.24) is 10.6 Å². The fourth-order valence-corrected chi connectivity index (χ4v) is 1.77. The van der Waals surface area contributed by atoms with Gasteiger partial charge in [-0.2, -0.15) is 0 Å². The summed E-state index contributed by atoms with van der Waals surface area (Å²) in [5.41, 5.74) is 0. The lowest BCUT2D eigenvalue weighted by Crippen LogP contribution is -2.29. The Bertz CT molecular complexity index is 309. The Morgan fingerprint density at radius 2 is 1.39 bits per heavy atom. The molecule has 2 N–H and O–H groups in total. The van der Waals surface area contributed by atoms with Crippen molar-refractivity contribution >= 4 is 11.8 Å². The third-order valence-electron chi connectivity index (χ3n) is 3.10. The number of hydrogen-bond acceptors (Lipinski definition) is 4. The van der Waals surface area contributed by atoms with Crippen LogP contribution in [-0.4, -0.2) is 50.8 Å². The van der Waals surface area contributed by atoms with Gasteiger partial charge >= 0.3 is 0 Å². The molecule has 0 fully saturated rings. The summed E-state index contributed by atoms with van der Waals surface area (Å²) in [7, 11) is 0. The summed E-state index contributed by atoms with van der Waals surface area (Å²) in [6, 6.07) is 0. The number of unbranched alkanes of at least 4 members (excludes halogenated alkanes) is 1. The van der Waals surface area contributed by atoms with Gasteiger partial charge in [-0.15, -0.1) is 0 Å². The smallest absolute Gasteiger partial charge is 0.220 e. The second-order valence-corrected chi connectivity index (χ2v) is 5.79. The minimum atomic E-state index is -0.0902. The molecule has 0 aromatic rings. The van der Waals surface area contributed by atoms with Gasteiger partial charge in [0.2, 0.25) is 11.8 Å². The molecule has 0 rings (SSSR count). The molecule has 0 bridgehead atoms. The lowest BCUT2D eigenvalue weighted by molar-refractivity contribution is -0.126. The molecule has 6 heteroatoms. The molecule has 0 saturated carbocycles. The predicted molar refractivity (Wildman–Crippen MR) is 91.3 cm³/mol. The number of carbonyl (C=O) groups is 2. The van der Waals surface area contributed by atoms with E-state index >= 15 is 0 Å². The molecule has 0 aromatic carbocycles. The summed E-state index contributed by atoms with van der Waals surface area (Å²) in [5, 5.41) is 5.59. The second kappa shape index (κ2) is 15.7. The number of hydrogen-bond donors (Lipinski definition) is 2. The maximum Gasteiger partial charge on any atom is 0.220 e. The third kappa shape index (κ3) is 17.1. The average Bonchev–Trinajstić information content (AvgIpc) is 2.51. The van der Waals surface area contributed by atoms with Gasteiger partial charge in [0.25, 0.3) is 0 Å². The van der Waals surface area contributed by atoms with Gasteiger partial charge < -0.3 is 20.1 Å². The molecule has 0 aliphatic rings. The second-order valence-electron chi connectivity index (χ2n) is 5.79. The van der Waals surface area contributed by atoms with Crippen molar-refractivity contribution in [1.29, 1.82) is 0 Å². The zero-order valence-corrected chi connectivity index (χ0v) is 15.0. The van der Waals surface area contributed by atoms with Crippen LogP contribution in [0.5, 0.6) is 0 Å². The molecule has 0 spiro atoms. The normalized spacial score (nSPS) is 10.8. The van der Waals surface area contributed by atoms with Crippen LogP contribution < -0.4 is 10.6 Å². The molecular weight excluding hydrogens is 296 g/mol. The van der Waals surface area contributed by atoms with Gasteiger partial charge in [0.1, 0.15) is 0 Å². The molecule has 0 saturated heterocycles. The lowest BCUT2D eigenvalue weighted by atomic mass is 10.2. The van der Waals surface area contributed by atoms with Crippen molar-refractivity contribution in [2.24, 2.45) is 0 Å². The fraction of sp³-hybridized carbons (Fsp3) is 0.882. The molecule has 0 aromatic heterocycles. The number of rotatable bonds is 15. The van der Waals surface area contributed by atoms with Crippen LogP contribution in [-0.2, 0) is 19.1 Å². The van der Waals surface area contributed by atoms with E-state index in [4.69, 9.17) is 9.47 Å². The largest absolute Gasteiger partial charge is 0.381 e. The molecule has 0 aliphatic carbocycles. The molecule has 23 heavy (non-hydrogen) atoms. The van der Waals surface area contributed by atoms with Gasteiger partial charge in [-0.1, -0.05) is 13.3 Å². The van der Waals surface area contributed by atoms with Gasteiger partial charge in [0.05, 0.1) is 6.10 Å². The summed E-state index contributed by atoms with van der Waals surface area (Å²) >= 11 is 0. The Hall–Kier alpha value is -1.14. The highest BCUT2D eigenvalue weighted by atomic mass is 16.5. The van der Waals surface area contributed by atoms with E-state index in [1.807, 2.05) is 13.8 Å². The summed E-state index contributed by atoms with van der Waals surface area (Å²) in [5.74, 6) is -0.176. The van der Waals surface area contributed by atoms with Crippen LogP contribution in [0.4, 0.5) is 0 Å². The van der Waals surface area contributed by atoms with Gasteiger partial charge in [0, 0.05) is 45.8 Å². The highest BCUT2D eigenvalue weighted by Gasteiger charge is 2.06. The van der Waals surface area contributed by atoms with E-state index in [2.05, 4.69) is 17.6 Å². The zero-order valence-electron chi connectivity index (χ0n) is 15.0. The van der Waals surface area contributed by atoms with Gasteiger partial charge in [0.15, 0.2) is 0 Å². The quantitative estimate of drug-likeness (QED) is 0.450. The van der Waals surface area contributed by atoms with Crippen molar-refractivity contribution in [2.45, 2.75) is 65.4 Å². The van der Waals surface area contributed by atoms with E-state index < -0.39 is 0 Å². The van der Waals surface area contributed by atoms with E-state index in [9.17, 15) is 9.59 Å². The third-order valence-corrected chi connectivity index (χ3v) is 3.10. The van der Waals surface area contributed by atoms with E-state index in [0.29, 0.717) is 26.3 Å². The SMILES string of the molecule is CCCCOCCCNC(=O)CCC(=O)NCCCOC(C)C. The van der Waals surface area contributed by atoms with E-state index in [1.165, 1.54) is 0 Å². The number of nitrogens with one attached hydrogen (secondary N) is 2. The van der Waals surface area contributed by atoms with E-state index in [-0.39, 0.29) is 30.8 Å². The lowest BCUT2D eigenvalue weighted by Gasteiger charge is -2.08. The first-order valence-electron chi connectivity index (χ1n) is 8.79. The molecule has 6 nitrogen and oxygen atoms in total. The monoisotopic (exact) mass is 330 g/mol. The standard InChI is InChI=1S/C17H34N2O4/c1-4-5-12-22-13-6-10-18-16(20)8-9-17(21)19-11-7-14-23-15(2)3/h15H,4-14H2,1-3H3,(H,18,20)(H,19,21). The molecule has 0 radical (unpaired) electrons. The summed E-state index contributed by atoms with van der Waals surface area (Å²) < 4.78 is 10.8. The molecule has 0 atom stereocenters. The van der Waals surface area contributed by atoms with E-state index in [1.54, 1.807) is 0 Å². The number of amides is 2. The Labute approximate surface area is 140 Å². The first-order chi connectivity index (χ1) is 11.1. The Morgan fingerprint density at radius 1 is 0.870 bits per heavy atom. The molecule has 0 unspecified atom stereocenters. The Balaban J connectivity index is 3.38. The maximum absolute atomic E-state index is 11.6. The highest BCUT2D eigenvalue weighted by molar-refractivity contribution is 5.83. The average molecular weight is 330 g/mol. The van der Waals surface area contributed by atoms with Crippen LogP contribution in [0.1, 0.15) is 59.3 Å². The van der Waals surface area contributed by atoms with Crippen LogP contribution in [0.2, 0.25) is 0 Å². The minimum absolute atomic E-state index is 0.0863. The van der Waals surface area contributed by atoms with E-state index in [0.717, 1.165) is 32.3 Å². The fourth-order valence-electron chi connectivity index (χ4n) is 1.77. The topological polar surface area (TPSA) is 76.7 Å². The van der Waals surface area contributed by atoms with Crippen molar-refractivity contribution in [3.63, 3.8) is 0 Å². The molecule has 0 aliphatic heterocycles. The summed E-state index contributed by atoms with van der Waals surface area (Å²) in [6.07, 6.45) is 4.46. The van der Waals surface area contributed by atoms with Gasteiger partial charge in [-0.25, -0.2) is 0 Å². The summed E-state index contributed by atoms with van der Waals surface area (Å²) in [6.45, 7) is 9.36. The van der Waals surface area contributed by atoms with Crippen LogP contribution in [0, 0.1) is 0 Å². The Morgan fingerprint density at radius 3 is 1.91 bits per heavy atom. The minimum Gasteiger partial charge on any atom is -0.381 e. The molecule has 2 amide bonds. The predicted octanol–water partition coefficient (Wildman–Crippen LogP) is 2.02. The van der Waals surface area contributed by atoms with Crippen LogP contribution in [0.25, 0.3) is 0 Å². The summed E-state index contributed by atoms with van der Waals surface area (Å²) in [4.78, 5) is 23.2. The van der Waals surface area contributed by atoms with Crippen molar-refractivity contribution in [3.8, 4) is 0 Å². The molecule has 0 heterocycles.